The molecule has 0 aliphatic heterocycles. The molecule has 0 bridgehead atoms. The number of hydrogen-bond donors (Lipinski definition) is 1. The second-order valence-electron chi connectivity index (χ2n) is 20.1. The number of ether oxygens (including phenoxy) is 2. The van der Waals surface area contributed by atoms with Crippen LogP contribution in [-0.2, 0) is 19.1 Å². The molecule has 0 aromatic rings. The van der Waals surface area contributed by atoms with Gasteiger partial charge in [0.15, 0.2) is 6.10 Å². The SMILES string of the molecule is CC/C=C\C/C=C\C/C=C\C/C=C\C/C=C\C/C=C\C/C=C\C/C=C\CCCCCCCCCCCCC(=O)OC(CO)COC(=O)CCCCCCCCCCCCCCCCCCCCCCCC. The highest BCUT2D eigenvalue weighted by atomic mass is 16.6. The number of aliphatic hydroxyl groups is 1. The summed E-state index contributed by atoms with van der Waals surface area (Å²) in [7, 11) is 0. The van der Waals surface area contributed by atoms with Gasteiger partial charge >= 0.3 is 11.9 Å². The van der Waals surface area contributed by atoms with Crippen molar-refractivity contribution in [2.24, 2.45) is 0 Å². The molecule has 1 unspecified atom stereocenters. The van der Waals surface area contributed by atoms with Crippen LogP contribution in [0.4, 0.5) is 0 Å². The minimum Gasteiger partial charge on any atom is -0.462 e. The van der Waals surface area contributed by atoms with Gasteiger partial charge in [0.2, 0.25) is 0 Å². The molecule has 0 saturated carbocycles. The molecule has 0 aromatic carbocycles. The van der Waals surface area contributed by atoms with Crippen LogP contribution in [0.5, 0.6) is 0 Å². The molecular formula is C66H114O5. The fraction of sp³-hybridized carbons (Fsp3) is 0.727. The van der Waals surface area contributed by atoms with Crippen molar-refractivity contribution in [2.45, 2.75) is 296 Å². The molecule has 5 heteroatoms. The number of carbonyl (C=O) groups is 2. The lowest BCUT2D eigenvalue weighted by Gasteiger charge is -2.15. The molecule has 408 valence electrons. The normalized spacial score (nSPS) is 12.9. The largest absolute Gasteiger partial charge is 0.462 e. The van der Waals surface area contributed by atoms with Crippen molar-refractivity contribution >= 4 is 11.9 Å². The molecule has 0 heterocycles. The first-order valence-electron chi connectivity index (χ1n) is 30.3. The van der Waals surface area contributed by atoms with Gasteiger partial charge in [0.1, 0.15) is 6.61 Å². The van der Waals surface area contributed by atoms with E-state index in [-0.39, 0.29) is 25.2 Å². The van der Waals surface area contributed by atoms with E-state index in [4.69, 9.17) is 9.47 Å². The molecular weight excluding hydrogens is 873 g/mol. The third kappa shape index (κ3) is 59.3. The third-order valence-corrected chi connectivity index (χ3v) is 13.1. The number of aliphatic hydroxyl groups excluding tert-OH is 1. The molecule has 5 nitrogen and oxygen atoms in total. The van der Waals surface area contributed by atoms with Crippen molar-refractivity contribution in [1.29, 1.82) is 0 Å². The predicted octanol–water partition coefficient (Wildman–Crippen LogP) is 20.7. The highest BCUT2D eigenvalue weighted by molar-refractivity contribution is 5.70. The van der Waals surface area contributed by atoms with Crippen LogP contribution >= 0.6 is 0 Å². The van der Waals surface area contributed by atoms with Crippen molar-refractivity contribution in [3.63, 3.8) is 0 Å². The molecule has 1 atom stereocenters. The highest BCUT2D eigenvalue weighted by Crippen LogP contribution is 2.17. The van der Waals surface area contributed by atoms with Crippen LogP contribution in [0.1, 0.15) is 290 Å². The number of allylic oxidation sites excluding steroid dienone is 16. The van der Waals surface area contributed by atoms with Crippen LogP contribution in [0.25, 0.3) is 0 Å². The summed E-state index contributed by atoms with van der Waals surface area (Å²) in [5.74, 6) is -0.587. The quantitative estimate of drug-likeness (QED) is 0.0373. The second-order valence-corrected chi connectivity index (χ2v) is 20.1. The first kappa shape index (κ1) is 67.8. The van der Waals surface area contributed by atoms with E-state index < -0.39 is 6.10 Å². The van der Waals surface area contributed by atoms with E-state index >= 15 is 0 Å². The first-order chi connectivity index (χ1) is 35.1. The summed E-state index contributed by atoms with van der Waals surface area (Å²) in [6.07, 6.45) is 86.8. The Labute approximate surface area is 440 Å². The van der Waals surface area contributed by atoms with Gasteiger partial charge in [0, 0.05) is 12.8 Å². The van der Waals surface area contributed by atoms with E-state index in [0.29, 0.717) is 12.8 Å². The number of hydrogen-bond acceptors (Lipinski definition) is 5. The molecule has 0 rings (SSSR count). The van der Waals surface area contributed by atoms with E-state index in [2.05, 4.69) is 111 Å². The third-order valence-electron chi connectivity index (χ3n) is 13.1. The topological polar surface area (TPSA) is 72.8 Å². The Bertz CT molecular complexity index is 1350. The van der Waals surface area contributed by atoms with Gasteiger partial charge in [0.05, 0.1) is 6.61 Å². The Balaban J connectivity index is 3.52. The molecule has 0 radical (unpaired) electrons. The molecule has 0 amide bonds. The van der Waals surface area contributed by atoms with E-state index in [1.165, 1.54) is 173 Å². The van der Waals surface area contributed by atoms with Crippen LogP contribution < -0.4 is 0 Å². The van der Waals surface area contributed by atoms with E-state index in [9.17, 15) is 14.7 Å². The summed E-state index contributed by atoms with van der Waals surface area (Å²) in [6.45, 7) is 4.05. The van der Waals surface area contributed by atoms with Crippen LogP contribution in [-0.4, -0.2) is 36.4 Å². The van der Waals surface area contributed by atoms with Gasteiger partial charge in [-0.3, -0.25) is 9.59 Å². The first-order valence-corrected chi connectivity index (χ1v) is 30.3. The van der Waals surface area contributed by atoms with Gasteiger partial charge in [-0.1, -0.05) is 297 Å². The Morgan fingerprint density at radius 2 is 0.606 bits per heavy atom. The van der Waals surface area contributed by atoms with Crippen molar-refractivity contribution in [3.8, 4) is 0 Å². The van der Waals surface area contributed by atoms with Crippen molar-refractivity contribution < 1.29 is 24.2 Å². The van der Waals surface area contributed by atoms with Crippen LogP contribution in [0, 0.1) is 0 Å². The lowest BCUT2D eigenvalue weighted by Crippen LogP contribution is -2.28. The predicted molar refractivity (Wildman–Crippen MR) is 311 cm³/mol. The van der Waals surface area contributed by atoms with Gasteiger partial charge in [-0.05, 0) is 77.0 Å². The van der Waals surface area contributed by atoms with Crippen molar-refractivity contribution in [2.75, 3.05) is 13.2 Å². The van der Waals surface area contributed by atoms with Gasteiger partial charge in [0.25, 0.3) is 0 Å². The van der Waals surface area contributed by atoms with Crippen molar-refractivity contribution in [1.82, 2.24) is 0 Å². The Hall–Kier alpha value is -3.18. The van der Waals surface area contributed by atoms with Gasteiger partial charge in [-0.2, -0.15) is 0 Å². The molecule has 0 fully saturated rings. The summed E-state index contributed by atoms with van der Waals surface area (Å²) in [4.78, 5) is 24.6. The summed E-state index contributed by atoms with van der Waals surface area (Å²) in [5.41, 5.74) is 0. The van der Waals surface area contributed by atoms with Gasteiger partial charge in [-0.15, -0.1) is 0 Å². The number of rotatable bonds is 55. The fourth-order valence-corrected chi connectivity index (χ4v) is 8.63. The minimum atomic E-state index is -0.778. The molecule has 0 aromatic heterocycles. The van der Waals surface area contributed by atoms with Crippen LogP contribution in [0.2, 0.25) is 0 Å². The maximum atomic E-state index is 12.3. The van der Waals surface area contributed by atoms with Gasteiger partial charge < -0.3 is 14.6 Å². The zero-order chi connectivity index (χ0) is 51.3. The number of esters is 2. The fourth-order valence-electron chi connectivity index (χ4n) is 8.63. The maximum Gasteiger partial charge on any atom is 0.306 e. The smallest absolute Gasteiger partial charge is 0.306 e. The van der Waals surface area contributed by atoms with Crippen LogP contribution in [0.15, 0.2) is 97.2 Å². The summed E-state index contributed by atoms with van der Waals surface area (Å²) < 4.78 is 10.7. The number of unbranched alkanes of at least 4 members (excludes halogenated alkanes) is 31. The molecule has 0 spiro atoms. The Morgan fingerprint density at radius 1 is 0.338 bits per heavy atom. The maximum absolute atomic E-state index is 12.3. The number of carbonyl (C=O) groups excluding carboxylic acids is 2. The zero-order valence-electron chi connectivity index (χ0n) is 46.7. The second kappa shape index (κ2) is 61.1. The van der Waals surface area contributed by atoms with Gasteiger partial charge in [-0.25, -0.2) is 0 Å². The molecule has 1 N–H and O–H groups in total. The highest BCUT2D eigenvalue weighted by Gasteiger charge is 2.16. The Morgan fingerprint density at radius 3 is 0.915 bits per heavy atom. The molecule has 0 aliphatic rings. The lowest BCUT2D eigenvalue weighted by molar-refractivity contribution is -0.161. The lowest BCUT2D eigenvalue weighted by atomic mass is 10.0. The molecule has 0 saturated heterocycles. The minimum absolute atomic E-state index is 0.0679. The monoisotopic (exact) mass is 987 g/mol. The summed E-state index contributed by atoms with van der Waals surface area (Å²) >= 11 is 0. The standard InChI is InChI=1S/C66H114O5/c1-3-5-7-9-11-13-15-17-19-21-23-25-27-28-29-30-31-32-33-34-35-36-37-38-39-41-43-45-47-49-51-53-55-57-59-61-66(69)71-64(62-67)63-70-65(68)60-58-56-54-52-50-48-46-44-42-40-26-24-22-20-18-16-14-12-10-8-6-4-2/h5,7,11,13,17,19,23,25,28-29,31-32,34-35,37-38,64,67H,3-4,6,8-10,12,14-16,18,20-22,24,26-27,30,33,36,39-63H2,1-2H3/b7-5-,13-11-,19-17-,25-23-,29-28-,32-31-,35-34-,38-37-. The molecule has 0 aliphatic carbocycles. The molecule has 71 heavy (non-hydrogen) atoms. The average molecular weight is 988 g/mol. The summed E-state index contributed by atoms with van der Waals surface area (Å²) in [6, 6.07) is 0. The van der Waals surface area contributed by atoms with E-state index in [0.717, 1.165) is 89.9 Å². The average Bonchev–Trinajstić information content (AvgIpc) is 3.37. The Kier molecular flexibility index (Phi) is 58.4. The summed E-state index contributed by atoms with van der Waals surface area (Å²) in [5, 5.41) is 9.67. The van der Waals surface area contributed by atoms with E-state index in [1.807, 2.05) is 0 Å². The van der Waals surface area contributed by atoms with Crippen LogP contribution in [0.3, 0.4) is 0 Å². The zero-order valence-corrected chi connectivity index (χ0v) is 46.7. The van der Waals surface area contributed by atoms with Crippen molar-refractivity contribution in [3.05, 3.63) is 97.2 Å². The van der Waals surface area contributed by atoms with E-state index in [1.54, 1.807) is 0 Å².